The van der Waals surface area contributed by atoms with E-state index in [4.69, 9.17) is 22.1 Å². The molecular formula is C12H16ClNO3S. The van der Waals surface area contributed by atoms with E-state index in [2.05, 4.69) is 0 Å². The molecule has 2 rings (SSSR count). The van der Waals surface area contributed by atoms with Crippen LogP contribution in [0.15, 0.2) is 29.2 Å². The molecule has 0 radical (unpaired) electrons. The monoisotopic (exact) mass is 289 g/mol. The number of benzene rings is 1. The second kappa shape index (κ2) is 4.81. The van der Waals surface area contributed by atoms with Gasteiger partial charge in [0.15, 0.2) is 9.84 Å². The molecule has 1 aromatic rings. The predicted octanol–water partition coefficient (Wildman–Crippen LogP) is 1.62. The lowest BCUT2D eigenvalue weighted by molar-refractivity contribution is 0.127. The van der Waals surface area contributed by atoms with Crippen molar-refractivity contribution < 1.29 is 13.2 Å². The molecule has 1 aliphatic carbocycles. The minimum atomic E-state index is -3.38. The molecule has 1 fully saturated rings. The second-order valence-electron chi connectivity index (χ2n) is 4.56. The van der Waals surface area contributed by atoms with E-state index in [9.17, 15) is 8.42 Å². The molecule has 0 unspecified atom stereocenters. The summed E-state index contributed by atoms with van der Waals surface area (Å²) in [6.45, 7) is 2.67. The van der Waals surface area contributed by atoms with Crippen LogP contribution in [-0.4, -0.2) is 32.4 Å². The fourth-order valence-electron chi connectivity index (χ4n) is 1.94. The quantitative estimate of drug-likeness (QED) is 0.894. The zero-order chi connectivity index (χ0) is 13.4. The Labute approximate surface area is 112 Å². The van der Waals surface area contributed by atoms with E-state index < -0.39 is 20.6 Å². The van der Waals surface area contributed by atoms with Crippen molar-refractivity contribution in [3.8, 4) is 0 Å². The van der Waals surface area contributed by atoms with E-state index >= 15 is 0 Å². The van der Waals surface area contributed by atoms with Gasteiger partial charge in [-0.3, -0.25) is 0 Å². The van der Waals surface area contributed by atoms with Crippen molar-refractivity contribution in [2.75, 3.05) is 13.2 Å². The molecule has 2 N–H and O–H groups in total. The molecule has 2 atom stereocenters. The highest BCUT2D eigenvalue weighted by Crippen LogP contribution is 2.42. The predicted molar refractivity (Wildman–Crippen MR) is 70.5 cm³/mol. The van der Waals surface area contributed by atoms with Gasteiger partial charge < -0.3 is 10.5 Å². The number of hydrogen-bond donors (Lipinski definition) is 1. The van der Waals surface area contributed by atoms with E-state index in [1.54, 1.807) is 12.1 Å². The molecule has 6 heteroatoms. The first-order chi connectivity index (χ1) is 8.40. The summed E-state index contributed by atoms with van der Waals surface area (Å²) >= 11 is 5.74. The van der Waals surface area contributed by atoms with Crippen LogP contribution < -0.4 is 5.73 Å². The highest BCUT2D eigenvalue weighted by atomic mass is 35.5. The van der Waals surface area contributed by atoms with Gasteiger partial charge in [-0.25, -0.2) is 8.42 Å². The highest BCUT2D eigenvalue weighted by molar-refractivity contribution is 7.92. The van der Waals surface area contributed by atoms with Crippen LogP contribution in [0.5, 0.6) is 0 Å². The molecule has 18 heavy (non-hydrogen) atoms. The summed E-state index contributed by atoms with van der Waals surface area (Å²) in [4.78, 5) is 0.265. The van der Waals surface area contributed by atoms with Crippen molar-refractivity contribution in [3.63, 3.8) is 0 Å². The van der Waals surface area contributed by atoms with Gasteiger partial charge in [0.1, 0.15) is 0 Å². The van der Waals surface area contributed by atoms with Crippen molar-refractivity contribution in [2.24, 2.45) is 5.73 Å². The van der Waals surface area contributed by atoms with Crippen molar-refractivity contribution in [3.05, 3.63) is 29.3 Å². The maximum absolute atomic E-state index is 12.3. The van der Waals surface area contributed by atoms with Crippen molar-refractivity contribution in [1.82, 2.24) is 0 Å². The number of sulfone groups is 1. The average molecular weight is 290 g/mol. The molecule has 4 nitrogen and oxygen atoms in total. The summed E-state index contributed by atoms with van der Waals surface area (Å²) in [7, 11) is -3.38. The van der Waals surface area contributed by atoms with E-state index in [1.165, 1.54) is 12.1 Å². The van der Waals surface area contributed by atoms with Crippen LogP contribution in [0.1, 0.15) is 13.3 Å². The van der Waals surface area contributed by atoms with E-state index in [0.29, 0.717) is 18.1 Å². The number of nitrogens with two attached hydrogens (primary N) is 1. The van der Waals surface area contributed by atoms with Crippen LogP contribution in [0, 0.1) is 0 Å². The summed E-state index contributed by atoms with van der Waals surface area (Å²) in [5.41, 5.74) is 5.26. The third kappa shape index (κ3) is 2.54. The van der Waals surface area contributed by atoms with E-state index in [-0.39, 0.29) is 11.5 Å². The molecule has 0 aromatic heterocycles. The Morgan fingerprint density at radius 1 is 1.44 bits per heavy atom. The highest BCUT2D eigenvalue weighted by Gasteiger charge is 2.59. The Bertz CT molecular complexity index is 529. The number of ether oxygens (including phenoxy) is 1. The maximum Gasteiger partial charge on any atom is 0.183 e. The van der Waals surface area contributed by atoms with Gasteiger partial charge in [-0.15, -0.1) is 0 Å². The zero-order valence-electron chi connectivity index (χ0n) is 10.1. The lowest BCUT2D eigenvalue weighted by atomic mass is 10.3. The summed E-state index contributed by atoms with van der Waals surface area (Å²) in [5.74, 6) is 0. The molecule has 0 heterocycles. The minimum absolute atomic E-state index is 0.265. The molecule has 0 bridgehead atoms. The van der Waals surface area contributed by atoms with Gasteiger partial charge in [0.25, 0.3) is 0 Å². The maximum atomic E-state index is 12.3. The SMILES string of the molecule is CCOC[C@@]1(N)C[C@H]1S(=O)(=O)c1ccc(Cl)cc1. The summed E-state index contributed by atoms with van der Waals surface area (Å²) < 4.78 is 29.8. The van der Waals surface area contributed by atoms with Crippen LogP contribution >= 0.6 is 11.6 Å². The van der Waals surface area contributed by atoms with Gasteiger partial charge in [0.2, 0.25) is 0 Å². The smallest absolute Gasteiger partial charge is 0.183 e. The van der Waals surface area contributed by atoms with Crippen LogP contribution in [0.25, 0.3) is 0 Å². The summed E-state index contributed by atoms with van der Waals surface area (Å²) in [6.07, 6.45) is 0.442. The molecule has 0 saturated heterocycles. The fraction of sp³-hybridized carbons (Fsp3) is 0.500. The largest absolute Gasteiger partial charge is 0.380 e. The Kier molecular flexibility index (Phi) is 3.69. The first kappa shape index (κ1) is 13.8. The van der Waals surface area contributed by atoms with Gasteiger partial charge in [0, 0.05) is 11.6 Å². The van der Waals surface area contributed by atoms with Gasteiger partial charge in [0.05, 0.1) is 22.3 Å². The van der Waals surface area contributed by atoms with Gasteiger partial charge in [-0.1, -0.05) is 11.6 Å². The van der Waals surface area contributed by atoms with Gasteiger partial charge in [-0.2, -0.15) is 0 Å². The van der Waals surface area contributed by atoms with E-state index in [0.717, 1.165) is 0 Å². The van der Waals surface area contributed by atoms with Gasteiger partial charge in [-0.05, 0) is 37.6 Å². The Hall–Kier alpha value is -0.620. The first-order valence-electron chi connectivity index (χ1n) is 5.76. The van der Waals surface area contributed by atoms with Crippen LogP contribution in [-0.2, 0) is 14.6 Å². The molecule has 0 amide bonds. The molecule has 100 valence electrons. The molecule has 0 spiro atoms. The lowest BCUT2D eigenvalue weighted by Crippen LogP contribution is -2.35. The standard InChI is InChI=1S/C12H16ClNO3S/c1-2-17-8-12(14)7-11(12)18(15,16)10-5-3-9(13)4-6-10/h3-6,11H,2,7-8,14H2,1H3/t11-,12+/m1/s1. The Morgan fingerprint density at radius 3 is 2.61 bits per heavy atom. The van der Waals surface area contributed by atoms with Crippen molar-refractivity contribution in [2.45, 2.75) is 29.0 Å². The average Bonchev–Trinajstić information content (AvgIpc) is 3.01. The topological polar surface area (TPSA) is 69.4 Å². The van der Waals surface area contributed by atoms with E-state index in [1.807, 2.05) is 6.92 Å². The third-order valence-electron chi connectivity index (χ3n) is 3.14. The van der Waals surface area contributed by atoms with Crippen molar-refractivity contribution in [1.29, 1.82) is 0 Å². The van der Waals surface area contributed by atoms with Crippen LogP contribution in [0.4, 0.5) is 0 Å². The molecular weight excluding hydrogens is 274 g/mol. The number of halogens is 1. The Morgan fingerprint density at radius 2 is 2.06 bits per heavy atom. The summed E-state index contributed by atoms with van der Waals surface area (Å²) in [6, 6.07) is 6.16. The van der Waals surface area contributed by atoms with Crippen molar-refractivity contribution >= 4 is 21.4 Å². The lowest BCUT2D eigenvalue weighted by Gasteiger charge is -2.11. The zero-order valence-corrected chi connectivity index (χ0v) is 11.7. The number of rotatable bonds is 5. The first-order valence-corrected chi connectivity index (χ1v) is 7.68. The number of hydrogen-bond acceptors (Lipinski definition) is 4. The molecule has 1 aromatic carbocycles. The second-order valence-corrected chi connectivity index (χ2v) is 7.13. The Balaban J connectivity index is 2.17. The molecule has 1 saturated carbocycles. The molecule has 0 aliphatic heterocycles. The molecule has 1 aliphatic rings. The normalized spacial score (nSPS) is 27.2. The fourth-order valence-corrected chi connectivity index (χ4v) is 4.12. The van der Waals surface area contributed by atoms with Crippen LogP contribution in [0.3, 0.4) is 0 Å². The van der Waals surface area contributed by atoms with Crippen LogP contribution in [0.2, 0.25) is 5.02 Å². The summed E-state index contributed by atoms with van der Waals surface area (Å²) in [5, 5.41) is -0.0456. The minimum Gasteiger partial charge on any atom is -0.380 e. The van der Waals surface area contributed by atoms with Gasteiger partial charge >= 0.3 is 0 Å². The third-order valence-corrected chi connectivity index (χ3v) is 5.70.